The van der Waals surface area contributed by atoms with Crippen molar-refractivity contribution in [2.24, 2.45) is 0 Å². The molecule has 0 saturated carbocycles. The molecule has 0 bridgehead atoms. The van der Waals surface area contributed by atoms with Crippen molar-refractivity contribution < 1.29 is 14.3 Å². The van der Waals surface area contributed by atoms with Gasteiger partial charge in [-0.3, -0.25) is 4.79 Å². The average Bonchev–Trinajstić information content (AvgIpc) is 2.99. The molecule has 0 aromatic heterocycles. The van der Waals surface area contributed by atoms with E-state index in [2.05, 4.69) is 29.4 Å². The molecule has 6 heteroatoms. The number of carbonyl (C=O) groups is 1. The van der Waals surface area contributed by atoms with Crippen molar-refractivity contribution in [2.75, 3.05) is 38.3 Å². The molecule has 1 atom stereocenters. The Labute approximate surface area is 131 Å². The number of nitrogens with zero attached hydrogens (tertiary/aromatic N) is 1. The van der Waals surface area contributed by atoms with Crippen molar-refractivity contribution in [1.29, 1.82) is 0 Å². The lowest BCUT2D eigenvalue weighted by Crippen LogP contribution is -2.42. The summed E-state index contributed by atoms with van der Waals surface area (Å²) in [6.07, 6.45) is 0. The van der Waals surface area contributed by atoms with Gasteiger partial charge in [-0.2, -0.15) is 0 Å². The van der Waals surface area contributed by atoms with Gasteiger partial charge in [0.05, 0.1) is 6.04 Å². The highest BCUT2D eigenvalue weighted by Gasteiger charge is 2.16. The quantitative estimate of drug-likeness (QED) is 0.765. The highest BCUT2D eigenvalue weighted by molar-refractivity contribution is 5.94. The molecule has 0 saturated heterocycles. The fourth-order valence-electron chi connectivity index (χ4n) is 2.30. The van der Waals surface area contributed by atoms with E-state index in [0.29, 0.717) is 17.2 Å². The van der Waals surface area contributed by atoms with Crippen LogP contribution in [0.2, 0.25) is 0 Å². The lowest BCUT2D eigenvalue weighted by atomic mass is 10.2. The molecule has 1 heterocycles. The number of amides is 1. The summed E-state index contributed by atoms with van der Waals surface area (Å²) in [5, 5.41) is 6.13. The predicted molar refractivity (Wildman–Crippen MR) is 86.4 cm³/mol. The Bertz CT molecular complexity index is 503. The Kier molecular flexibility index (Phi) is 6.03. The number of anilines is 1. The lowest BCUT2D eigenvalue weighted by molar-refractivity contribution is -0.117. The monoisotopic (exact) mass is 307 g/mol. The van der Waals surface area contributed by atoms with Crippen LogP contribution in [-0.4, -0.2) is 49.8 Å². The van der Waals surface area contributed by atoms with Crippen molar-refractivity contribution >= 4 is 11.6 Å². The molecule has 0 radical (unpaired) electrons. The third-order valence-electron chi connectivity index (χ3n) is 3.81. The van der Waals surface area contributed by atoms with Crippen LogP contribution < -0.4 is 20.1 Å². The van der Waals surface area contributed by atoms with Crippen molar-refractivity contribution in [3.05, 3.63) is 18.2 Å². The lowest BCUT2D eigenvalue weighted by Gasteiger charge is -2.20. The number of benzene rings is 1. The Morgan fingerprint density at radius 1 is 1.27 bits per heavy atom. The minimum absolute atomic E-state index is 0.0570. The first-order chi connectivity index (χ1) is 10.6. The van der Waals surface area contributed by atoms with Gasteiger partial charge >= 0.3 is 0 Å². The Hall–Kier alpha value is -1.79. The SMILES string of the molecule is CCN(CC)CCNC(C)C(=O)Nc1ccc2c(c1)OCO2. The summed E-state index contributed by atoms with van der Waals surface area (Å²) in [5.41, 5.74) is 0.714. The maximum Gasteiger partial charge on any atom is 0.241 e. The summed E-state index contributed by atoms with van der Waals surface area (Å²) < 4.78 is 10.6. The van der Waals surface area contributed by atoms with Gasteiger partial charge in [-0.25, -0.2) is 0 Å². The van der Waals surface area contributed by atoms with Crippen LogP contribution in [-0.2, 0) is 4.79 Å². The van der Waals surface area contributed by atoms with Crippen LogP contribution in [0.5, 0.6) is 11.5 Å². The maximum atomic E-state index is 12.2. The number of hydrogen-bond donors (Lipinski definition) is 2. The van der Waals surface area contributed by atoms with E-state index in [9.17, 15) is 4.79 Å². The molecule has 1 aliphatic heterocycles. The van der Waals surface area contributed by atoms with Crippen molar-refractivity contribution in [3.63, 3.8) is 0 Å². The van der Waals surface area contributed by atoms with Crippen molar-refractivity contribution in [2.45, 2.75) is 26.8 Å². The van der Waals surface area contributed by atoms with Gasteiger partial charge in [-0.1, -0.05) is 13.8 Å². The highest BCUT2D eigenvalue weighted by Crippen LogP contribution is 2.34. The largest absolute Gasteiger partial charge is 0.454 e. The zero-order valence-corrected chi connectivity index (χ0v) is 13.5. The number of carbonyl (C=O) groups excluding carboxylic acids is 1. The van der Waals surface area contributed by atoms with Gasteiger partial charge in [0, 0.05) is 24.8 Å². The summed E-state index contributed by atoms with van der Waals surface area (Å²) in [5.74, 6) is 1.32. The van der Waals surface area contributed by atoms with Gasteiger partial charge in [0.2, 0.25) is 12.7 Å². The molecule has 6 nitrogen and oxygen atoms in total. The van der Waals surface area contributed by atoms with Crippen LogP contribution >= 0.6 is 0 Å². The van der Waals surface area contributed by atoms with E-state index >= 15 is 0 Å². The third-order valence-corrected chi connectivity index (χ3v) is 3.81. The molecule has 1 aromatic carbocycles. The van der Waals surface area contributed by atoms with Crippen LogP contribution in [0.1, 0.15) is 20.8 Å². The first-order valence-corrected chi connectivity index (χ1v) is 7.80. The first kappa shape index (κ1) is 16.6. The zero-order valence-electron chi connectivity index (χ0n) is 13.5. The third kappa shape index (κ3) is 4.35. The summed E-state index contributed by atoms with van der Waals surface area (Å²) >= 11 is 0. The van der Waals surface area contributed by atoms with Gasteiger partial charge in [0.1, 0.15) is 0 Å². The molecule has 2 N–H and O–H groups in total. The maximum absolute atomic E-state index is 12.2. The zero-order chi connectivity index (χ0) is 15.9. The second-order valence-electron chi connectivity index (χ2n) is 5.26. The number of rotatable bonds is 8. The second kappa shape index (κ2) is 8.00. The van der Waals surface area contributed by atoms with Gasteiger partial charge in [0.15, 0.2) is 11.5 Å². The van der Waals surface area contributed by atoms with E-state index in [-0.39, 0.29) is 18.7 Å². The van der Waals surface area contributed by atoms with Crippen molar-refractivity contribution in [3.8, 4) is 11.5 Å². The molecule has 122 valence electrons. The van der Waals surface area contributed by atoms with E-state index in [0.717, 1.165) is 26.2 Å². The van der Waals surface area contributed by atoms with Crippen LogP contribution in [0, 0.1) is 0 Å². The van der Waals surface area contributed by atoms with E-state index < -0.39 is 0 Å². The number of ether oxygens (including phenoxy) is 2. The normalized spacial score (nSPS) is 14.2. The first-order valence-electron chi connectivity index (χ1n) is 7.80. The van der Waals surface area contributed by atoms with E-state index in [1.165, 1.54) is 0 Å². The topological polar surface area (TPSA) is 62.8 Å². The fraction of sp³-hybridized carbons (Fsp3) is 0.562. The average molecular weight is 307 g/mol. The fourth-order valence-corrected chi connectivity index (χ4v) is 2.30. The standard InChI is InChI=1S/C16H25N3O3/c1-4-19(5-2)9-8-17-12(3)16(20)18-13-6-7-14-15(10-13)22-11-21-14/h6-7,10,12,17H,4-5,8-9,11H2,1-3H3,(H,18,20). The van der Waals surface area contributed by atoms with Gasteiger partial charge < -0.3 is 25.0 Å². The summed E-state index contributed by atoms with van der Waals surface area (Å²) in [6.45, 7) is 10.1. The molecule has 0 fully saturated rings. The van der Waals surface area contributed by atoms with Crippen LogP contribution in [0.4, 0.5) is 5.69 Å². The second-order valence-corrected chi connectivity index (χ2v) is 5.26. The van der Waals surface area contributed by atoms with E-state index in [4.69, 9.17) is 9.47 Å². The molecule has 0 aliphatic carbocycles. The Morgan fingerprint density at radius 3 is 2.73 bits per heavy atom. The number of hydrogen-bond acceptors (Lipinski definition) is 5. The minimum atomic E-state index is -0.249. The highest BCUT2D eigenvalue weighted by atomic mass is 16.7. The van der Waals surface area contributed by atoms with Gasteiger partial charge in [-0.15, -0.1) is 0 Å². The number of nitrogens with one attached hydrogen (secondary N) is 2. The molecule has 2 rings (SSSR count). The van der Waals surface area contributed by atoms with Crippen LogP contribution in [0.15, 0.2) is 18.2 Å². The molecular formula is C16H25N3O3. The molecule has 1 amide bonds. The summed E-state index contributed by atoms with van der Waals surface area (Å²) in [7, 11) is 0. The molecule has 1 aromatic rings. The minimum Gasteiger partial charge on any atom is -0.454 e. The number of likely N-dealkylation sites (N-methyl/N-ethyl adjacent to an activating group) is 1. The van der Waals surface area contributed by atoms with Gasteiger partial charge in [0.25, 0.3) is 0 Å². The van der Waals surface area contributed by atoms with Crippen LogP contribution in [0.25, 0.3) is 0 Å². The molecular weight excluding hydrogens is 282 g/mol. The number of fused-ring (bicyclic) bond motifs is 1. The van der Waals surface area contributed by atoms with Gasteiger partial charge in [-0.05, 0) is 32.1 Å². The Balaban J connectivity index is 1.79. The van der Waals surface area contributed by atoms with Crippen molar-refractivity contribution in [1.82, 2.24) is 10.2 Å². The molecule has 1 unspecified atom stereocenters. The molecule has 1 aliphatic rings. The van der Waals surface area contributed by atoms with E-state index in [1.54, 1.807) is 12.1 Å². The predicted octanol–water partition coefficient (Wildman–Crippen LogP) is 1.67. The molecule has 22 heavy (non-hydrogen) atoms. The summed E-state index contributed by atoms with van der Waals surface area (Å²) in [6, 6.07) is 5.15. The summed E-state index contributed by atoms with van der Waals surface area (Å²) in [4.78, 5) is 14.5. The van der Waals surface area contributed by atoms with Crippen LogP contribution in [0.3, 0.4) is 0 Å². The van der Waals surface area contributed by atoms with E-state index in [1.807, 2.05) is 13.0 Å². The smallest absolute Gasteiger partial charge is 0.241 e. The molecule has 0 spiro atoms. The Morgan fingerprint density at radius 2 is 2.00 bits per heavy atom.